The molecule has 1 aliphatic rings. The summed E-state index contributed by atoms with van der Waals surface area (Å²) in [5.74, 6) is 0. The highest BCUT2D eigenvalue weighted by Crippen LogP contribution is 2.31. The van der Waals surface area contributed by atoms with E-state index < -0.39 is 0 Å². The van der Waals surface area contributed by atoms with Gasteiger partial charge in [0, 0.05) is 29.7 Å². The Kier molecular flexibility index (Phi) is 4.55. The third-order valence-corrected chi connectivity index (χ3v) is 4.12. The summed E-state index contributed by atoms with van der Waals surface area (Å²) >= 11 is 0. The van der Waals surface area contributed by atoms with Gasteiger partial charge in [0.15, 0.2) is 0 Å². The predicted octanol–water partition coefficient (Wildman–Crippen LogP) is 2.91. The van der Waals surface area contributed by atoms with Crippen LogP contribution in [0, 0.1) is 0 Å². The molecule has 0 unspecified atom stereocenters. The highest BCUT2D eigenvalue weighted by molar-refractivity contribution is 5.94. The highest BCUT2D eigenvalue weighted by atomic mass is 16.5. The zero-order chi connectivity index (χ0) is 14.8. The molecular weight excluding hydrogens is 288 g/mol. The molecule has 4 nitrogen and oxygen atoms in total. The van der Waals surface area contributed by atoms with Crippen molar-refractivity contribution in [1.82, 2.24) is 4.98 Å². The van der Waals surface area contributed by atoms with Gasteiger partial charge in [0.2, 0.25) is 0 Å². The number of anilines is 1. The summed E-state index contributed by atoms with van der Waals surface area (Å²) in [6.45, 7) is 3.44. The lowest BCUT2D eigenvalue weighted by atomic mass is 10.1. The minimum atomic E-state index is 0. The number of para-hydroxylation sites is 1. The van der Waals surface area contributed by atoms with E-state index in [0.29, 0.717) is 0 Å². The standard InChI is InChI=1S/C19H18N2O.H2O/c1-2-6-15(7-3-1)18-14-19(21-10-12-22-13-11-21)16-8-4-5-9-17(16)20-18;/h1-9,14H,10-13H2;1H2. The van der Waals surface area contributed by atoms with Gasteiger partial charge >= 0.3 is 0 Å². The fourth-order valence-electron chi connectivity index (χ4n) is 2.98. The van der Waals surface area contributed by atoms with Crippen molar-refractivity contribution < 1.29 is 10.2 Å². The number of fused-ring (bicyclic) bond motifs is 1. The Bertz CT molecular complexity index is 784. The van der Waals surface area contributed by atoms with Crippen molar-refractivity contribution >= 4 is 16.6 Å². The molecule has 23 heavy (non-hydrogen) atoms. The van der Waals surface area contributed by atoms with Gasteiger partial charge in [-0.15, -0.1) is 0 Å². The van der Waals surface area contributed by atoms with Crippen LogP contribution >= 0.6 is 0 Å². The molecule has 4 heteroatoms. The molecule has 0 radical (unpaired) electrons. The second-order valence-corrected chi connectivity index (χ2v) is 5.51. The van der Waals surface area contributed by atoms with Gasteiger partial charge in [0.05, 0.1) is 24.4 Å². The monoisotopic (exact) mass is 308 g/mol. The van der Waals surface area contributed by atoms with Gasteiger partial charge in [0.25, 0.3) is 0 Å². The van der Waals surface area contributed by atoms with E-state index in [-0.39, 0.29) is 5.48 Å². The van der Waals surface area contributed by atoms with E-state index in [1.165, 1.54) is 11.1 Å². The van der Waals surface area contributed by atoms with E-state index in [2.05, 4.69) is 53.4 Å². The first-order chi connectivity index (χ1) is 10.9. The van der Waals surface area contributed by atoms with Crippen LogP contribution in [-0.2, 0) is 4.74 Å². The SMILES string of the molecule is O.c1ccc(-c2cc(N3CCOCC3)c3ccccc3n2)cc1. The molecule has 4 rings (SSSR count). The van der Waals surface area contributed by atoms with Crippen molar-refractivity contribution in [1.29, 1.82) is 0 Å². The number of pyridine rings is 1. The molecule has 0 spiro atoms. The largest absolute Gasteiger partial charge is 0.412 e. The van der Waals surface area contributed by atoms with Crippen molar-refractivity contribution in [3.05, 3.63) is 60.7 Å². The molecule has 2 N–H and O–H groups in total. The summed E-state index contributed by atoms with van der Waals surface area (Å²) in [6.07, 6.45) is 0. The molecule has 2 heterocycles. The number of hydrogen-bond acceptors (Lipinski definition) is 3. The number of hydrogen-bond donors (Lipinski definition) is 0. The molecular formula is C19H20N2O2. The van der Waals surface area contributed by atoms with Crippen LogP contribution in [0.3, 0.4) is 0 Å². The van der Waals surface area contributed by atoms with E-state index in [1.54, 1.807) is 0 Å². The maximum atomic E-state index is 5.49. The summed E-state index contributed by atoms with van der Waals surface area (Å²) in [5.41, 5.74) is 4.49. The number of benzene rings is 2. The molecule has 1 aliphatic heterocycles. The van der Waals surface area contributed by atoms with Crippen LogP contribution < -0.4 is 4.90 Å². The molecule has 0 bridgehead atoms. The zero-order valence-corrected chi connectivity index (χ0v) is 12.9. The first kappa shape index (κ1) is 15.5. The summed E-state index contributed by atoms with van der Waals surface area (Å²) in [7, 11) is 0. The Labute approximate surface area is 135 Å². The van der Waals surface area contributed by atoms with Gasteiger partial charge in [-0.25, -0.2) is 4.98 Å². The maximum absolute atomic E-state index is 5.49. The third-order valence-electron chi connectivity index (χ3n) is 4.12. The van der Waals surface area contributed by atoms with Crippen LogP contribution in [-0.4, -0.2) is 36.8 Å². The second kappa shape index (κ2) is 6.77. The van der Waals surface area contributed by atoms with Gasteiger partial charge < -0.3 is 15.1 Å². The molecule has 3 aromatic rings. The van der Waals surface area contributed by atoms with Crippen LogP contribution in [0.2, 0.25) is 0 Å². The molecule has 0 aliphatic carbocycles. The highest BCUT2D eigenvalue weighted by Gasteiger charge is 2.16. The summed E-state index contributed by atoms with van der Waals surface area (Å²) in [6, 6.07) is 21.0. The summed E-state index contributed by atoms with van der Waals surface area (Å²) in [5, 5.41) is 1.21. The number of rotatable bonds is 2. The second-order valence-electron chi connectivity index (χ2n) is 5.51. The molecule has 118 valence electrons. The summed E-state index contributed by atoms with van der Waals surface area (Å²) < 4.78 is 5.49. The lowest BCUT2D eigenvalue weighted by Crippen LogP contribution is -2.36. The van der Waals surface area contributed by atoms with Crippen LogP contribution in [0.25, 0.3) is 22.2 Å². The zero-order valence-electron chi connectivity index (χ0n) is 12.9. The normalized spacial score (nSPS) is 14.5. The smallest absolute Gasteiger partial charge is 0.0730 e. The van der Waals surface area contributed by atoms with Crippen molar-refractivity contribution in [2.75, 3.05) is 31.2 Å². The van der Waals surface area contributed by atoms with E-state index in [9.17, 15) is 0 Å². The van der Waals surface area contributed by atoms with Crippen LogP contribution in [0.5, 0.6) is 0 Å². The van der Waals surface area contributed by atoms with Crippen LogP contribution in [0.4, 0.5) is 5.69 Å². The molecule has 0 atom stereocenters. The summed E-state index contributed by atoms with van der Waals surface area (Å²) in [4.78, 5) is 7.25. The average molecular weight is 308 g/mol. The first-order valence-corrected chi connectivity index (χ1v) is 7.70. The lowest BCUT2D eigenvalue weighted by molar-refractivity contribution is 0.123. The van der Waals surface area contributed by atoms with Crippen LogP contribution in [0.15, 0.2) is 60.7 Å². The Balaban J connectivity index is 0.00000156. The first-order valence-electron chi connectivity index (χ1n) is 7.70. The maximum Gasteiger partial charge on any atom is 0.0730 e. The third kappa shape index (κ3) is 3.04. The minimum Gasteiger partial charge on any atom is -0.412 e. The Morgan fingerprint density at radius 3 is 2.35 bits per heavy atom. The van der Waals surface area contributed by atoms with E-state index >= 15 is 0 Å². The Morgan fingerprint density at radius 1 is 0.870 bits per heavy atom. The number of morpholine rings is 1. The topological polar surface area (TPSA) is 56.9 Å². The molecule has 1 aromatic heterocycles. The average Bonchev–Trinajstić information content (AvgIpc) is 2.62. The van der Waals surface area contributed by atoms with Gasteiger partial charge in [-0.05, 0) is 12.1 Å². The van der Waals surface area contributed by atoms with Gasteiger partial charge in [-0.2, -0.15) is 0 Å². The molecule has 2 aromatic carbocycles. The Hall–Kier alpha value is -2.43. The van der Waals surface area contributed by atoms with E-state index in [1.807, 2.05) is 12.1 Å². The van der Waals surface area contributed by atoms with Crippen LogP contribution in [0.1, 0.15) is 0 Å². The van der Waals surface area contributed by atoms with Crippen molar-refractivity contribution in [2.45, 2.75) is 0 Å². The number of nitrogens with zero attached hydrogens (tertiary/aromatic N) is 2. The lowest BCUT2D eigenvalue weighted by Gasteiger charge is -2.30. The van der Waals surface area contributed by atoms with Crippen molar-refractivity contribution in [2.24, 2.45) is 0 Å². The van der Waals surface area contributed by atoms with Gasteiger partial charge in [0.1, 0.15) is 0 Å². The minimum absolute atomic E-state index is 0. The van der Waals surface area contributed by atoms with Gasteiger partial charge in [-0.1, -0.05) is 48.5 Å². The fraction of sp³-hybridized carbons (Fsp3) is 0.211. The Morgan fingerprint density at radius 2 is 1.57 bits per heavy atom. The van der Waals surface area contributed by atoms with Gasteiger partial charge in [-0.3, -0.25) is 0 Å². The number of aromatic nitrogens is 1. The fourth-order valence-corrected chi connectivity index (χ4v) is 2.98. The number of ether oxygens (including phenoxy) is 1. The molecule has 0 saturated carbocycles. The quantitative estimate of drug-likeness (QED) is 0.731. The predicted molar refractivity (Wildman–Crippen MR) is 93.8 cm³/mol. The van der Waals surface area contributed by atoms with E-state index in [4.69, 9.17) is 9.72 Å². The molecule has 1 saturated heterocycles. The van der Waals surface area contributed by atoms with Crippen molar-refractivity contribution in [3.8, 4) is 11.3 Å². The molecule has 0 amide bonds. The van der Waals surface area contributed by atoms with Crippen molar-refractivity contribution in [3.63, 3.8) is 0 Å². The van der Waals surface area contributed by atoms with E-state index in [0.717, 1.165) is 43.1 Å². The molecule has 1 fully saturated rings.